The van der Waals surface area contributed by atoms with Gasteiger partial charge in [-0.1, -0.05) is 11.8 Å². The zero-order valence-corrected chi connectivity index (χ0v) is 20.9. The van der Waals surface area contributed by atoms with Gasteiger partial charge in [0.1, 0.15) is 15.9 Å². The number of thioether (sulfide) groups is 1. The van der Waals surface area contributed by atoms with Gasteiger partial charge in [0, 0.05) is 42.2 Å². The van der Waals surface area contributed by atoms with Gasteiger partial charge in [-0.25, -0.2) is 9.37 Å². The largest absolute Gasteiger partial charge is 0.497 e. The fraction of sp³-hybridized carbons (Fsp3) is 0.480. The summed E-state index contributed by atoms with van der Waals surface area (Å²) >= 11 is 3.40. The number of aryl methyl sites for hydroxylation is 1. The summed E-state index contributed by atoms with van der Waals surface area (Å²) in [7, 11) is 1.60. The van der Waals surface area contributed by atoms with Crippen molar-refractivity contribution in [3.8, 4) is 5.75 Å². The molecule has 0 amide bonds. The number of hydrogen-bond acceptors (Lipinski definition) is 7. The zero-order chi connectivity index (χ0) is 23.9. The summed E-state index contributed by atoms with van der Waals surface area (Å²) in [5.41, 5.74) is 1.42. The number of nitrogens with zero attached hydrogens (tertiary/aromatic N) is 3. The Morgan fingerprint density at radius 3 is 3.00 bits per heavy atom. The fourth-order valence-electron chi connectivity index (χ4n) is 4.86. The molecular weight excluding hydrogens is 473 g/mol. The summed E-state index contributed by atoms with van der Waals surface area (Å²) in [4.78, 5) is 22.4. The highest BCUT2D eigenvalue weighted by atomic mass is 32.2. The number of carboxylic acid groups (broad SMARTS) is 1. The summed E-state index contributed by atoms with van der Waals surface area (Å²) in [5, 5.41) is 12.2. The molecule has 1 aliphatic rings. The monoisotopic (exact) mass is 503 g/mol. The highest BCUT2D eigenvalue weighted by molar-refractivity contribution is 8.01. The van der Waals surface area contributed by atoms with E-state index < -0.39 is 5.97 Å². The number of aliphatic carboxylic acids is 1. The molecule has 0 aliphatic carbocycles. The molecule has 34 heavy (non-hydrogen) atoms. The molecule has 6 nitrogen and oxygen atoms in total. The van der Waals surface area contributed by atoms with Crippen LogP contribution in [-0.4, -0.2) is 58.4 Å². The zero-order valence-electron chi connectivity index (χ0n) is 19.3. The van der Waals surface area contributed by atoms with Gasteiger partial charge in [0.15, 0.2) is 0 Å². The van der Waals surface area contributed by atoms with E-state index in [0.717, 1.165) is 59.9 Å². The lowest BCUT2D eigenvalue weighted by atomic mass is 9.80. The molecule has 0 radical (unpaired) electrons. The first kappa shape index (κ1) is 24.9. The molecule has 1 aliphatic heterocycles. The van der Waals surface area contributed by atoms with Crippen molar-refractivity contribution in [1.29, 1.82) is 0 Å². The Kier molecular flexibility index (Phi) is 8.74. The van der Waals surface area contributed by atoms with Crippen LogP contribution in [0.2, 0.25) is 0 Å². The third-order valence-corrected chi connectivity index (χ3v) is 8.54. The maximum atomic E-state index is 14.6. The second kappa shape index (κ2) is 12.0. The van der Waals surface area contributed by atoms with Crippen molar-refractivity contribution in [3.05, 3.63) is 47.4 Å². The molecule has 1 saturated heterocycles. The Morgan fingerprint density at radius 2 is 2.24 bits per heavy atom. The smallest absolute Gasteiger partial charge is 0.303 e. The van der Waals surface area contributed by atoms with Crippen molar-refractivity contribution >= 4 is 40.0 Å². The number of carbonyl (C=O) groups is 1. The number of likely N-dealkylation sites (tertiary alicyclic amines) is 1. The first-order valence-corrected chi connectivity index (χ1v) is 13.5. The summed E-state index contributed by atoms with van der Waals surface area (Å²) in [6.45, 7) is 2.71. The molecule has 1 aromatic carbocycles. The Balaban J connectivity index is 1.34. The van der Waals surface area contributed by atoms with E-state index >= 15 is 0 Å². The van der Waals surface area contributed by atoms with Crippen molar-refractivity contribution in [1.82, 2.24) is 14.9 Å². The first-order valence-electron chi connectivity index (χ1n) is 11.6. The van der Waals surface area contributed by atoms with Crippen molar-refractivity contribution in [3.63, 3.8) is 0 Å². The molecule has 9 heteroatoms. The Hall–Kier alpha value is -2.23. The van der Waals surface area contributed by atoms with Gasteiger partial charge in [-0.15, -0.1) is 11.3 Å². The van der Waals surface area contributed by atoms with Crippen LogP contribution in [0, 0.1) is 17.7 Å². The fourth-order valence-corrected chi connectivity index (χ4v) is 6.57. The number of pyridine rings is 1. The number of hydrogen-bond donors (Lipinski definition) is 1. The minimum Gasteiger partial charge on any atom is -0.497 e. The molecule has 3 heterocycles. The van der Waals surface area contributed by atoms with Crippen molar-refractivity contribution in [2.24, 2.45) is 11.8 Å². The van der Waals surface area contributed by atoms with E-state index in [1.807, 2.05) is 29.8 Å². The summed E-state index contributed by atoms with van der Waals surface area (Å²) in [6, 6.07) is 5.52. The summed E-state index contributed by atoms with van der Waals surface area (Å²) in [6.07, 6.45) is 6.58. The number of ether oxygens (including phenoxy) is 1. The number of aromatic nitrogens is 2. The quantitative estimate of drug-likeness (QED) is 0.353. The highest BCUT2D eigenvalue weighted by Gasteiger charge is 2.30. The molecule has 0 bridgehead atoms. The van der Waals surface area contributed by atoms with Crippen LogP contribution in [0.1, 0.15) is 31.2 Å². The maximum Gasteiger partial charge on any atom is 0.303 e. The molecule has 4 rings (SSSR count). The summed E-state index contributed by atoms with van der Waals surface area (Å²) < 4.78 is 21.0. The van der Waals surface area contributed by atoms with Gasteiger partial charge in [-0.05, 0) is 67.8 Å². The number of halogens is 1. The number of thiazole rings is 1. The number of fused-ring (bicyclic) bond motifs is 1. The van der Waals surface area contributed by atoms with Gasteiger partial charge in [-0.2, -0.15) is 0 Å². The Labute approximate surface area is 207 Å². The molecule has 0 saturated carbocycles. The molecule has 182 valence electrons. The standard InChI is InChI=1S/C25H30FN3O3S2/c1-32-19-5-6-23-21(14-19)20(22(26)15-28-23)4-2-3-17-7-9-29(16-18(17)13-24(30)31)10-12-34-25-27-8-11-33-25/h5-6,8,11,14-15,17-18H,2-4,7,9-10,12-13,16H2,1H3,(H,30,31). The predicted molar refractivity (Wildman–Crippen MR) is 134 cm³/mol. The van der Waals surface area contributed by atoms with Gasteiger partial charge >= 0.3 is 5.97 Å². The van der Waals surface area contributed by atoms with Crippen LogP contribution >= 0.6 is 23.1 Å². The second-order valence-corrected chi connectivity index (χ2v) is 11.0. The van der Waals surface area contributed by atoms with Crippen molar-refractivity contribution in [2.75, 3.05) is 32.5 Å². The normalized spacial score (nSPS) is 18.9. The van der Waals surface area contributed by atoms with Gasteiger partial charge < -0.3 is 14.7 Å². The SMILES string of the molecule is COc1ccc2ncc(F)c(CCCC3CCN(CCSc4nccs4)CC3CC(=O)O)c2c1. The first-order chi connectivity index (χ1) is 16.5. The van der Waals surface area contributed by atoms with Gasteiger partial charge in [-0.3, -0.25) is 9.78 Å². The van der Waals surface area contributed by atoms with Crippen LogP contribution < -0.4 is 4.74 Å². The molecule has 1 N–H and O–H groups in total. The molecule has 2 unspecified atom stereocenters. The Bertz CT molecular complexity index is 1100. The van der Waals surface area contributed by atoms with Crippen LogP contribution in [0.25, 0.3) is 10.9 Å². The van der Waals surface area contributed by atoms with Crippen molar-refractivity contribution in [2.45, 2.75) is 36.4 Å². The van der Waals surface area contributed by atoms with Crippen LogP contribution in [0.3, 0.4) is 0 Å². The van der Waals surface area contributed by atoms with Crippen LogP contribution in [0.5, 0.6) is 5.75 Å². The van der Waals surface area contributed by atoms with Gasteiger partial charge in [0.2, 0.25) is 0 Å². The van der Waals surface area contributed by atoms with E-state index in [0.29, 0.717) is 23.7 Å². The average molecular weight is 504 g/mol. The molecule has 0 spiro atoms. The van der Waals surface area contributed by atoms with E-state index in [2.05, 4.69) is 14.9 Å². The number of benzene rings is 1. The second-order valence-electron chi connectivity index (χ2n) is 8.71. The minimum atomic E-state index is -0.743. The van der Waals surface area contributed by atoms with Crippen LogP contribution in [0.15, 0.2) is 40.3 Å². The summed E-state index contributed by atoms with van der Waals surface area (Å²) in [5.74, 6) is 1.06. The maximum absolute atomic E-state index is 14.6. The van der Waals surface area contributed by atoms with E-state index in [1.54, 1.807) is 30.2 Å². The Morgan fingerprint density at radius 1 is 1.35 bits per heavy atom. The predicted octanol–water partition coefficient (Wildman–Crippen LogP) is 5.37. The van der Waals surface area contributed by atoms with E-state index in [9.17, 15) is 14.3 Å². The molecular formula is C25H30FN3O3S2. The number of carboxylic acids is 1. The van der Waals surface area contributed by atoms with E-state index in [1.165, 1.54) is 6.20 Å². The lowest BCUT2D eigenvalue weighted by Crippen LogP contribution is -2.42. The van der Waals surface area contributed by atoms with E-state index in [-0.39, 0.29) is 18.2 Å². The number of methoxy groups -OCH3 is 1. The van der Waals surface area contributed by atoms with Crippen LogP contribution in [0.4, 0.5) is 4.39 Å². The molecule has 2 aromatic heterocycles. The molecule has 2 atom stereocenters. The number of rotatable bonds is 11. The highest BCUT2D eigenvalue weighted by Crippen LogP contribution is 2.32. The minimum absolute atomic E-state index is 0.121. The van der Waals surface area contributed by atoms with Gasteiger partial charge in [0.25, 0.3) is 0 Å². The third-order valence-electron chi connectivity index (χ3n) is 6.59. The molecule has 3 aromatic rings. The third kappa shape index (κ3) is 6.46. The van der Waals surface area contributed by atoms with Crippen LogP contribution in [-0.2, 0) is 11.2 Å². The lowest BCUT2D eigenvalue weighted by Gasteiger charge is -2.38. The van der Waals surface area contributed by atoms with Crippen molar-refractivity contribution < 1.29 is 19.0 Å². The topological polar surface area (TPSA) is 75.5 Å². The number of piperidine rings is 1. The molecule has 1 fully saturated rings. The van der Waals surface area contributed by atoms with Gasteiger partial charge in [0.05, 0.1) is 18.8 Å². The lowest BCUT2D eigenvalue weighted by molar-refractivity contribution is -0.139. The average Bonchev–Trinajstić information content (AvgIpc) is 3.34. The van der Waals surface area contributed by atoms with E-state index in [4.69, 9.17) is 4.74 Å².